The number of anilines is 2. The van der Waals surface area contributed by atoms with Gasteiger partial charge in [-0.2, -0.15) is 0 Å². The highest BCUT2D eigenvalue weighted by Crippen LogP contribution is 2.23. The largest absolute Gasteiger partial charge is 0.340 e. The molecule has 3 rings (SSSR count). The second-order valence-electron chi connectivity index (χ2n) is 6.69. The van der Waals surface area contributed by atoms with Crippen molar-refractivity contribution >= 4 is 17.5 Å². The molecular formula is C22H25N5O. The van der Waals surface area contributed by atoms with Crippen molar-refractivity contribution in [1.29, 1.82) is 0 Å². The fourth-order valence-corrected chi connectivity index (χ4v) is 3.00. The van der Waals surface area contributed by atoms with E-state index in [1.54, 1.807) is 36.6 Å². The summed E-state index contributed by atoms with van der Waals surface area (Å²) in [4.78, 5) is 27.2. The molecule has 0 aliphatic heterocycles. The highest BCUT2D eigenvalue weighted by molar-refractivity contribution is 5.92. The molecule has 2 heterocycles. The van der Waals surface area contributed by atoms with Crippen LogP contribution < -0.4 is 5.32 Å². The second-order valence-corrected chi connectivity index (χ2v) is 6.69. The molecule has 0 saturated heterocycles. The quantitative estimate of drug-likeness (QED) is 0.680. The predicted molar refractivity (Wildman–Crippen MR) is 111 cm³/mol. The zero-order valence-electron chi connectivity index (χ0n) is 16.5. The van der Waals surface area contributed by atoms with Gasteiger partial charge in [0.05, 0.1) is 0 Å². The summed E-state index contributed by atoms with van der Waals surface area (Å²) in [5, 5.41) is 3.28. The van der Waals surface area contributed by atoms with Crippen molar-refractivity contribution in [3.05, 3.63) is 77.4 Å². The Morgan fingerprint density at radius 2 is 1.89 bits per heavy atom. The van der Waals surface area contributed by atoms with Crippen molar-refractivity contribution in [1.82, 2.24) is 19.9 Å². The Balaban J connectivity index is 1.71. The Morgan fingerprint density at radius 1 is 1.11 bits per heavy atom. The molecule has 0 aliphatic rings. The van der Waals surface area contributed by atoms with Crippen LogP contribution in [0.15, 0.2) is 55.0 Å². The van der Waals surface area contributed by atoms with Gasteiger partial charge in [-0.25, -0.2) is 9.97 Å². The number of likely N-dealkylation sites (N-methyl/N-ethyl adjacent to an activating group) is 1. The molecule has 0 atom stereocenters. The molecule has 0 bridgehead atoms. The van der Waals surface area contributed by atoms with Crippen molar-refractivity contribution in [2.75, 3.05) is 18.9 Å². The monoisotopic (exact) mass is 375 g/mol. The van der Waals surface area contributed by atoms with Crippen molar-refractivity contribution in [3.8, 4) is 0 Å². The van der Waals surface area contributed by atoms with E-state index in [-0.39, 0.29) is 5.91 Å². The van der Waals surface area contributed by atoms with Crippen molar-refractivity contribution in [2.24, 2.45) is 0 Å². The maximum absolute atomic E-state index is 12.8. The second kappa shape index (κ2) is 9.08. The number of benzene rings is 1. The average molecular weight is 375 g/mol. The smallest absolute Gasteiger partial charge is 0.272 e. The highest BCUT2D eigenvalue weighted by atomic mass is 16.2. The number of hydrogen-bond acceptors (Lipinski definition) is 5. The van der Waals surface area contributed by atoms with Gasteiger partial charge in [0.2, 0.25) is 5.95 Å². The first kappa shape index (κ1) is 19.5. The lowest BCUT2D eigenvalue weighted by atomic mass is 10.1. The molecule has 1 N–H and O–H groups in total. The molecule has 0 unspecified atom stereocenters. The van der Waals surface area contributed by atoms with Crippen LogP contribution in [0.1, 0.15) is 34.1 Å². The number of pyridine rings is 1. The van der Waals surface area contributed by atoms with E-state index in [0.29, 0.717) is 18.2 Å². The van der Waals surface area contributed by atoms with E-state index in [4.69, 9.17) is 0 Å². The number of nitrogens with one attached hydrogen (secondary N) is 1. The van der Waals surface area contributed by atoms with Crippen LogP contribution >= 0.6 is 0 Å². The molecule has 28 heavy (non-hydrogen) atoms. The number of aryl methyl sites for hydroxylation is 2. The number of amides is 1. The third-order valence-corrected chi connectivity index (χ3v) is 4.68. The van der Waals surface area contributed by atoms with Crippen LogP contribution in [0, 0.1) is 6.92 Å². The van der Waals surface area contributed by atoms with E-state index < -0.39 is 0 Å². The third-order valence-electron chi connectivity index (χ3n) is 4.68. The minimum atomic E-state index is -0.125. The minimum absolute atomic E-state index is 0.125. The summed E-state index contributed by atoms with van der Waals surface area (Å²) >= 11 is 0. The molecule has 0 spiro atoms. The standard InChI is InChI=1S/C22H25N5O/c1-4-18-7-5-6-16(2)20(18)26-22-24-14-10-19(25-22)21(28)27(3)15-11-17-8-12-23-13-9-17/h5-10,12-14H,4,11,15H2,1-3H3,(H,24,25,26). The number of para-hydroxylation sites is 1. The Kier molecular flexibility index (Phi) is 6.32. The number of hydrogen-bond donors (Lipinski definition) is 1. The zero-order chi connectivity index (χ0) is 19.9. The van der Waals surface area contributed by atoms with Crippen LogP contribution in [-0.4, -0.2) is 39.4 Å². The lowest BCUT2D eigenvalue weighted by molar-refractivity contribution is 0.0791. The number of carbonyl (C=O) groups excluding carboxylic acids is 1. The molecule has 2 aromatic heterocycles. The van der Waals surface area contributed by atoms with Gasteiger partial charge in [0.15, 0.2) is 0 Å². The highest BCUT2D eigenvalue weighted by Gasteiger charge is 2.15. The fourth-order valence-electron chi connectivity index (χ4n) is 3.00. The van der Waals surface area contributed by atoms with Gasteiger partial charge >= 0.3 is 0 Å². The van der Waals surface area contributed by atoms with Crippen LogP contribution in [0.3, 0.4) is 0 Å². The maximum Gasteiger partial charge on any atom is 0.272 e. The van der Waals surface area contributed by atoms with Gasteiger partial charge < -0.3 is 10.2 Å². The number of rotatable bonds is 7. The van der Waals surface area contributed by atoms with Gasteiger partial charge in [-0.05, 0) is 54.7 Å². The fraction of sp³-hybridized carbons (Fsp3) is 0.273. The van der Waals surface area contributed by atoms with E-state index in [1.807, 2.05) is 31.2 Å². The van der Waals surface area contributed by atoms with Gasteiger partial charge in [0.25, 0.3) is 5.91 Å². The molecule has 3 aromatic rings. The van der Waals surface area contributed by atoms with Crippen molar-refractivity contribution in [3.63, 3.8) is 0 Å². The van der Waals surface area contributed by atoms with Crippen LogP contribution in [0.5, 0.6) is 0 Å². The Labute approximate surface area is 165 Å². The zero-order valence-corrected chi connectivity index (χ0v) is 16.5. The lowest BCUT2D eigenvalue weighted by Gasteiger charge is -2.17. The van der Waals surface area contributed by atoms with Crippen LogP contribution in [0.25, 0.3) is 0 Å². The summed E-state index contributed by atoms with van der Waals surface area (Å²) in [6, 6.07) is 11.7. The summed E-state index contributed by atoms with van der Waals surface area (Å²) in [7, 11) is 1.79. The van der Waals surface area contributed by atoms with Gasteiger partial charge in [-0.15, -0.1) is 0 Å². The summed E-state index contributed by atoms with van der Waals surface area (Å²) < 4.78 is 0. The molecule has 0 saturated carbocycles. The summed E-state index contributed by atoms with van der Waals surface area (Å²) in [5.74, 6) is 0.303. The van der Waals surface area contributed by atoms with Crippen LogP contribution in [-0.2, 0) is 12.8 Å². The molecule has 1 amide bonds. The third kappa shape index (κ3) is 4.71. The predicted octanol–water partition coefficient (Wildman–Crippen LogP) is 3.80. The van der Waals surface area contributed by atoms with E-state index in [2.05, 4.69) is 33.3 Å². The molecule has 0 radical (unpaired) electrons. The average Bonchev–Trinajstić information content (AvgIpc) is 2.74. The van der Waals surface area contributed by atoms with E-state index >= 15 is 0 Å². The first-order chi connectivity index (χ1) is 13.6. The summed E-state index contributed by atoms with van der Waals surface area (Å²) in [5.41, 5.74) is 4.83. The van der Waals surface area contributed by atoms with Gasteiger partial charge in [0, 0.05) is 37.9 Å². The van der Waals surface area contributed by atoms with Crippen molar-refractivity contribution < 1.29 is 4.79 Å². The summed E-state index contributed by atoms with van der Waals surface area (Å²) in [6.45, 7) is 4.76. The normalized spacial score (nSPS) is 10.5. The molecule has 0 fully saturated rings. The van der Waals surface area contributed by atoms with Gasteiger partial charge in [0.1, 0.15) is 5.69 Å². The van der Waals surface area contributed by atoms with E-state index in [1.165, 1.54) is 5.56 Å². The lowest BCUT2D eigenvalue weighted by Crippen LogP contribution is -2.29. The SMILES string of the molecule is CCc1cccc(C)c1Nc1nccc(C(=O)N(C)CCc2ccncc2)n1. The molecule has 0 aliphatic carbocycles. The van der Waals surface area contributed by atoms with Gasteiger partial charge in [-0.1, -0.05) is 25.1 Å². The van der Waals surface area contributed by atoms with Crippen LogP contribution in [0.2, 0.25) is 0 Å². The number of carbonyl (C=O) groups is 1. The molecule has 144 valence electrons. The van der Waals surface area contributed by atoms with Crippen molar-refractivity contribution in [2.45, 2.75) is 26.7 Å². The van der Waals surface area contributed by atoms with E-state index in [9.17, 15) is 4.79 Å². The number of aromatic nitrogens is 3. The first-order valence-electron chi connectivity index (χ1n) is 9.41. The first-order valence-corrected chi connectivity index (χ1v) is 9.41. The summed E-state index contributed by atoms with van der Waals surface area (Å²) in [6.07, 6.45) is 6.80. The molecule has 1 aromatic carbocycles. The van der Waals surface area contributed by atoms with Crippen LogP contribution in [0.4, 0.5) is 11.6 Å². The minimum Gasteiger partial charge on any atom is -0.340 e. The Hall–Kier alpha value is -3.28. The molecule has 6 nitrogen and oxygen atoms in total. The van der Waals surface area contributed by atoms with Gasteiger partial charge in [-0.3, -0.25) is 9.78 Å². The Morgan fingerprint density at radius 3 is 2.64 bits per heavy atom. The molecule has 6 heteroatoms. The number of nitrogens with zero attached hydrogens (tertiary/aromatic N) is 4. The Bertz CT molecular complexity index is 943. The molecular weight excluding hydrogens is 350 g/mol. The van der Waals surface area contributed by atoms with E-state index in [0.717, 1.165) is 29.7 Å². The topological polar surface area (TPSA) is 71.0 Å². The maximum atomic E-state index is 12.8.